The predicted octanol–water partition coefficient (Wildman–Crippen LogP) is 3.93. The van der Waals surface area contributed by atoms with E-state index in [0.717, 1.165) is 24.3 Å². The molecule has 3 nitrogen and oxygen atoms in total. The van der Waals surface area contributed by atoms with Crippen LogP contribution in [-0.2, 0) is 6.42 Å². The van der Waals surface area contributed by atoms with Crippen LogP contribution in [0.1, 0.15) is 11.1 Å². The van der Waals surface area contributed by atoms with Crippen LogP contribution in [0.25, 0.3) is 5.57 Å². The lowest BCUT2D eigenvalue weighted by atomic mass is 9.95. The second-order valence-corrected chi connectivity index (χ2v) is 6.66. The quantitative estimate of drug-likeness (QED) is 0.846. The van der Waals surface area contributed by atoms with Crippen molar-refractivity contribution in [3.63, 3.8) is 0 Å². The summed E-state index contributed by atoms with van der Waals surface area (Å²) in [6.45, 7) is 1.26. The molecule has 1 aliphatic heterocycles. The molecule has 24 heavy (non-hydrogen) atoms. The normalized spacial score (nSPS) is 17.4. The Morgan fingerprint density at radius 2 is 1.92 bits per heavy atom. The minimum absolute atomic E-state index is 0.213. The average Bonchev–Trinajstić information content (AvgIpc) is 2.98. The number of nitrogens with two attached hydrogens (primary N) is 1. The molecule has 0 aliphatic carbocycles. The molecule has 0 spiro atoms. The second kappa shape index (κ2) is 7.58. The standard InChI is InChI=1S/C19H20Cl2N2O/c1-24-14-5-2-12(3-6-14)8-19-16(10-22)17(11-23-19)15-7-4-13(20)9-18(15)21/h2-7,9,19,23H,8,10-11,22H2,1H3. The van der Waals surface area contributed by atoms with Gasteiger partial charge in [0.25, 0.3) is 0 Å². The lowest BCUT2D eigenvalue weighted by Gasteiger charge is -2.15. The van der Waals surface area contributed by atoms with E-state index in [1.165, 1.54) is 16.7 Å². The summed E-state index contributed by atoms with van der Waals surface area (Å²) < 4.78 is 5.21. The summed E-state index contributed by atoms with van der Waals surface area (Å²) in [5, 5.41) is 4.85. The van der Waals surface area contributed by atoms with Crippen molar-refractivity contribution in [1.29, 1.82) is 0 Å². The molecule has 0 amide bonds. The Hall–Kier alpha value is -1.52. The number of hydrogen-bond acceptors (Lipinski definition) is 3. The van der Waals surface area contributed by atoms with Gasteiger partial charge in [0.05, 0.1) is 7.11 Å². The van der Waals surface area contributed by atoms with E-state index in [9.17, 15) is 0 Å². The van der Waals surface area contributed by atoms with Crippen molar-refractivity contribution in [1.82, 2.24) is 5.32 Å². The molecule has 0 fully saturated rings. The summed E-state index contributed by atoms with van der Waals surface area (Å²) in [6, 6.07) is 13.9. The van der Waals surface area contributed by atoms with Crippen LogP contribution >= 0.6 is 23.2 Å². The van der Waals surface area contributed by atoms with Crippen molar-refractivity contribution in [2.45, 2.75) is 12.5 Å². The Morgan fingerprint density at radius 3 is 2.54 bits per heavy atom. The van der Waals surface area contributed by atoms with Crippen molar-refractivity contribution in [3.8, 4) is 5.75 Å². The maximum absolute atomic E-state index is 6.37. The average molecular weight is 363 g/mol. The van der Waals surface area contributed by atoms with Gasteiger partial charge in [0.1, 0.15) is 5.75 Å². The molecule has 5 heteroatoms. The van der Waals surface area contributed by atoms with Gasteiger partial charge in [0.15, 0.2) is 0 Å². The number of ether oxygens (including phenoxy) is 1. The maximum atomic E-state index is 6.37. The third-order valence-corrected chi connectivity index (χ3v) is 4.96. The van der Waals surface area contributed by atoms with Crippen LogP contribution < -0.4 is 15.8 Å². The molecule has 0 bridgehead atoms. The fourth-order valence-corrected chi connectivity index (χ4v) is 3.66. The lowest BCUT2D eigenvalue weighted by Crippen LogP contribution is -2.29. The van der Waals surface area contributed by atoms with E-state index >= 15 is 0 Å². The molecule has 2 aromatic rings. The molecular weight excluding hydrogens is 343 g/mol. The Kier molecular flexibility index (Phi) is 5.47. The first-order valence-corrected chi connectivity index (χ1v) is 8.61. The zero-order valence-electron chi connectivity index (χ0n) is 13.5. The third kappa shape index (κ3) is 3.60. The molecule has 0 radical (unpaired) electrons. The summed E-state index contributed by atoms with van der Waals surface area (Å²) in [5.74, 6) is 0.862. The molecule has 1 heterocycles. The fourth-order valence-electron chi connectivity index (χ4n) is 3.13. The highest BCUT2D eigenvalue weighted by Crippen LogP contribution is 2.33. The van der Waals surface area contributed by atoms with E-state index in [-0.39, 0.29) is 6.04 Å². The van der Waals surface area contributed by atoms with Crippen LogP contribution in [0, 0.1) is 0 Å². The predicted molar refractivity (Wildman–Crippen MR) is 101 cm³/mol. The lowest BCUT2D eigenvalue weighted by molar-refractivity contribution is 0.414. The molecule has 1 unspecified atom stereocenters. The Bertz CT molecular complexity index is 756. The molecule has 3 rings (SSSR count). The van der Waals surface area contributed by atoms with Gasteiger partial charge in [-0.1, -0.05) is 41.4 Å². The van der Waals surface area contributed by atoms with E-state index in [2.05, 4.69) is 17.4 Å². The first kappa shape index (κ1) is 17.3. The monoisotopic (exact) mass is 362 g/mol. The Morgan fingerprint density at radius 1 is 1.17 bits per heavy atom. The van der Waals surface area contributed by atoms with Gasteiger partial charge in [-0.15, -0.1) is 0 Å². The zero-order valence-corrected chi connectivity index (χ0v) is 15.0. The highest BCUT2D eigenvalue weighted by atomic mass is 35.5. The molecule has 0 aromatic heterocycles. The first-order valence-electron chi connectivity index (χ1n) is 7.86. The van der Waals surface area contributed by atoms with E-state index in [1.54, 1.807) is 13.2 Å². The number of methoxy groups -OCH3 is 1. The molecule has 1 atom stereocenters. The van der Waals surface area contributed by atoms with Gasteiger partial charge >= 0.3 is 0 Å². The molecule has 2 aromatic carbocycles. The zero-order chi connectivity index (χ0) is 17.1. The summed E-state index contributed by atoms with van der Waals surface area (Å²) >= 11 is 12.4. The SMILES string of the molecule is COc1ccc(CC2NCC(c3ccc(Cl)cc3Cl)=C2CN)cc1. The van der Waals surface area contributed by atoms with Crippen molar-refractivity contribution >= 4 is 28.8 Å². The summed E-state index contributed by atoms with van der Waals surface area (Å²) in [5.41, 5.74) is 10.7. The molecular formula is C19H20Cl2N2O. The first-order chi connectivity index (χ1) is 11.6. The summed E-state index contributed by atoms with van der Waals surface area (Å²) in [7, 11) is 1.67. The highest BCUT2D eigenvalue weighted by Gasteiger charge is 2.26. The Labute approximate surface area is 152 Å². The summed E-state index contributed by atoms with van der Waals surface area (Å²) in [4.78, 5) is 0. The minimum atomic E-state index is 0.213. The maximum Gasteiger partial charge on any atom is 0.118 e. The number of hydrogen-bond donors (Lipinski definition) is 2. The van der Waals surface area contributed by atoms with Gasteiger partial charge in [-0.2, -0.15) is 0 Å². The van der Waals surface area contributed by atoms with Gasteiger partial charge in [0.2, 0.25) is 0 Å². The van der Waals surface area contributed by atoms with Crippen molar-refractivity contribution in [3.05, 3.63) is 69.2 Å². The topological polar surface area (TPSA) is 47.3 Å². The minimum Gasteiger partial charge on any atom is -0.497 e. The van der Waals surface area contributed by atoms with Crippen LogP contribution in [0.3, 0.4) is 0 Å². The van der Waals surface area contributed by atoms with Gasteiger partial charge in [-0.25, -0.2) is 0 Å². The van der Waals surface area contributed by atoms with E-state index in [1.807, 2.05) is 24.3 Å². The fraction of sp³-hybridized carbons (Fsp3) is 0.263. The van der Waals surface area contributed by atoms with Crippen molar-refractivity contribution in [2.24, 2.45) is 5.73 Å². The molecule has 126 valence electrons. The van der Waals surface area contributed by atoms with E-state index in [0.29, 0.717) is 16.6 Å². The smallest absolute Gasteiger partial charge is 0.118 e. The number of nitrogens with one attached hydrogen (secondary N) is 1. The van der Waals surface area contributed by atoms with Crippen molar-refractivity contribution < 1.29 is 4.74 Å². The number of rotatable bonds is 5. The highest BCUT2D eigenvalue weighted by molar-refractivity contribution is 6.35. The molecule has 0 saturated heterocycles. The van der Waals surface area contributed by atoms with Gasteiger partial charge in [-0.05, 0) is 53.0 Å². The molecule has 3 N–H and O–H groups in total. The van der Waals surface area contributed by atoms with Crippen LogP contribution in [0.2, 0.25) is 10.0 Å². The second-order valence-electron chi connectivity index (χ2n) is 5.82. The van der Waals surface area contributed by atoms with Gasteiger partial charge in [0, 0.05) is 29.2 Å². The number of halogens is 2. The Balaban J connectivity index is 1.86. The van der Waals surface area contributed by atoms with E-state index < -0.39 is 0 Å². The van der Waals surface area contributed by atoms with Crippen molar-refractivity contribution in [2.75, 3.05) is 20.2 Å². The van der Waals surface area contributed by atoms with Gasteiger partial charge in [-0.3, -0.25) is 0 Å². The number of benzene rings is 2. The van der Waals surface area contributed by atoms with Crippen LogP contribution in [0.5, 0.6) is 5.75 Å². The van der Waals surface area contributed by atoms with Crippen LogP contribution in [0.15, 0.2) is 48.0 Å². The van der Waals surface area contributed by atoms with Crippen LogP contribution in [-0.4, -0.2) is 26.2 Å². The van der Waals surface area contributed by atoms with Gasteiger partial charge < -0.3 is 15.8 Å². The van der Waals surface area contributed by atoms with Crippen LogP contribution in [0.4, 0.5) is 0 Å². The molecule has 1 aliphatic rings. The molecule has 0 saturated carbocycles. The summed E-state index contributed by atoms with van der Waals surface area (Å²) in [6.07, 6.45) is 0.880. The third-order valence-electron chi connectivity index (χ3n) is 4.41. The largest absolute Gasteiger partial charge is 0.497 e. The van der Waals surface area contributed by atoms with E-state index in [4.69, 9.17) is 33.7 Å².